The van der Waals surface area contributed by atoms with E-state index in [1.165, 1.54) is 0 Å². The van der Waals surface area contributed by atoms with Gasteiger partial charge in [0.05, 0.1) is 17.6 Å². The average molecular weight is 433 g/mol. The van der Waals surface area contributed by atoms with E-state index < -0.39 is 17.2 Å². The van der Waals surface area contributed by atoms with Gasteiger partial charge in [-0.05, 0) is 49.9 Å². The van der Waals surface area contributed by atoms with Gasteiger partial charge in [0, 0.05) is 27.6 Å². The number of hydrogen-bond donors (Lipinski definition) is 0. The van der Waals surface area contributed by atoms with E-state index in [2.05, 4.69) is 27.7 Å². The second-order valence-electron chi connectivity index (χ2n) is 9.42. The molecular formula is C24H26Cl2O3. The number of halogens is 2. The minimum absolute atomic E-state index is 0.0799. The standard InChI is InChI=1S/C24H26Cl2O3/c1-14(2)19-13-23(15-5-9-17(25)10-6-15)27-21-20(19)24(29-23,28-22(21,3)4)16-7-11-18(26)12-8-16/h5-12,14,19-21H,13H2,1-4H3/t19-,20-,21-,23-,24-/m1/s1. The Balaban J connectivity index is 1.72. The van der Waals surface area contributed by atoms with Crippen molar-refractivity contribution in [1.29, 1.82) is 0 Å². The van der Waals surface area contributed by atoms with E-state index in [1.807, 2.05) is 48.5 Å². The molecule has 29 heavy (non-hydrogen) atoms. The topological polar surface area (TPSA) is 27.7 Å². The summed E-state index contributed by atoms with van der Waals surface area (Å²) in [5.74, 6) is -0.787. The summed E-state index contributed by atoms with van der Waals surface area (Å²) in [5, 5.41) is 1.39. The molecule has 0 N–H and O–H groups in total. The first kappa shape index (κ1) is 19.8. The fraction of sp³-hybridized carbons (Fsp3) is 0.500. The summed E-state index contributed by atoms with van der Waals surface area (Å²) in [6.45, 7) is 8.77. The molecule has 4 aliphatic rings. The maximum absolute atomic E-state index is 6.89. The molecule has 154 valence electrons. The van der Waals surface area contributed by atoms with Gasteiger partial charge in [0.15, 0.2) is 5.79 Å². The number of hydrogen-bond acceptors (Lipinski definition) is 3. The minimum atomic E-state index is -0.871. The van der Waals surface area contributed by atoms with E-state index in [0.717, 1.165) is 17.5 Å². The van der Waals surface area contributed by atoms with E-state index in [9.17, 15) is 0 Å². The summed E-state index contributed by atoms with van der Waals surface area (Å²) >= 11 is 12.3. The van der Waals surface area contributed by atoms with Crippen LogP contribution in [0, 0.1) is 17.8 Å². The molecule has 0 aromatic heterocycles. The molecule has 4 bridgehead atoms. The maximum atomic E-state index is 6.89. The predicted octanol–water partition coefficient (Wildman–Crippen LogP) is 6.52. The number of fused-ring (bicyclic) bond motifs is 1. The molecule has 4 heterocycles. The molecule has 4 fully saturated rings. The van der Waals surface area contributed by atoms with Crippen LogP contribution < -0.4 is 0 Å². The number of rotatable bonds is 3. The van der Waals surface area contributed by atoms with Crippen LogP contribution in [-0.4, -0.2) is 11.7 Å². The van der Waals surface area contributed by atoms with E-state index in [1.54, 1.807) is 0 Å². The molecule has 0 radical (unpaired) electrons. The lowest BCUT2D eigenvalue weighted by Gasteiger charge is -2.58. The lowest BCUT2D eigenvalue weighted by Crippen LogP contribution is -2.63. The Hall–Kier alpha value is -1.10. The third-order valence-corrected chi connectivity index (χ3v) is 7.36. The molecular weight excluding hydrogens is 407 g/mol. The van der Waals surface area contributed by atoms with Crippen molar-refractivity contribution in [3.63, 3.8) is 0 Å². The van der Waals surface area contributed by atoms with Crippen LogP contribution in [0.15, 0.2) is 48.5 Å². The van der Waals surface area contributed by atoms with Crippen molar-refractivity contribution in [2.45, 2.75) is 57.4 Å². The molecule has 0 saturated carbocycles. The Morgan fingerprint density at radius 3 is 1.97 bits per heavy atom. The van der Waals surface area contributed by atoms with Crippen molar-refractivity contribution in [2.75, 3.05) is 0 Å². The Labute approximate surface area is 182 Å². The summed E-state index contributed by atoms with van der Waals surface area (Å²) in [4.78, 5) is 0. The molecule has 5 heteroatoms. The Kier molecular flexibility index (Phi) is 4.41. The van der Waals surface area contributed by atoms with Gasteiger partial charge in [-0.1, -0.05) is 61.3 Å². The van der Waals surface area contributed by atoms with Gasteiger partial charge in [-0.2, -0.15) is 0 Å². The first-order valence-electron chi connectivity index (χ1n) is 10.3. The van der Waals surface area contributed by atoms with Gasteiger partial charge < -0.3 is 14.2 Å². The van der Waals surface area contributed by atoms with Gasteiger partial charge in [0.1, 0.15) is 0 Å². The van der Waals surface area contributed by atoms with Crippen molar-refractivity contribution in [1.82, 2.24) is 0 Å². The molecule has 0 amide bonds. The molecule has 3 nitrogen and oxygen atoms in total. The van der Waals surface area contributed by atoms with Crippen LogP contribution in [0.5, 0.6) is 0 Å². The quantitative estimate of drug-likeness (QED) is 0.552. The van der Waals surface area contributed by atoms with E-state index in [0.29, 0.717) is 21.9 Å². The van der Waals surface area contributed by atoms with E-state index in [-0.39, 0.29) is 12.0 Å². The van der Waals surface area contributed by atoms with Crippen LogP contribution in [0.25, 0.3) is 0 Å². The maximum Gasteiger partial charge on any atom is 0.204 e. The molecule has 0 aliphatic carbocycles. The van der Waals surface area contributed by atoms with Crippen LogP contribution >= 0.6 is 23.2 Å². The lowest BCUT2D eigenvalue weighted by molar-refractivity contribution is -0.447. The highest BCUT2D eigenvalue weighted by Gasteiger charge is 2.74. The third kappa shape index (κ3) is 2.82. The fourth-order valence-corrected chi connectivity index (χ4v) is 5.80. The summed E-state index contributed by atoms with van der Waals surface area (Å²) < 4.78 is 20.4. The van der Waals surface area contributed by atoms with Crippen LogP contribution in [0.4, 0.5) is 0 Å². The Morgan fingerprint density at radius 2 is 1.41 bits per heavy atom. The van der Waals surface area contributed by atoms with Crippen molar-refractivity contribution < 1.29 is 14.2 Å². The SMILES string of the molecule is CC(C)[C@H]1C[C@@]2(c3ccc(Cl)cc3)O[C@@H]3[C@@H]1[C@](c1ccc(Cl)cc1)(OC3(C)C)O2. The van der Waals surface area contributed by atoms with E-state index in [4.69, 9.17) is 37.4 Å². The molecule has 4 aliphatic heterocycles. The third-order valence-electron chi connectivity index (χ3n) is 6.85. The van der Waals surface area contributed by atoms with Crippen LogP contribution in [0.1, 0.15) is 45.2 Å². The highest BCUT2D eigenvalue weighted by molar-refractivity contribution is 6.30. The molecule has 0 spiro atoms. The zero-order valence-electron chi connectivity index (χ0n) is 17.1. The van der Waals surface area contributed by atoms with Gasteiger partial charge in [-0.15, -0.1) is 0 Å². The largest absolute Gasteiger partial charge is 0.339 e. The van der Waals surface area contributed by atoms with Gasteiger partial charge in [0.2, 0.25) is 5.79 Å². The number of ether oxygens (including phenoxy) is 3. The predicted molar refractivity (Wildman–Crippen MR) is 114 cm³/mol. The van der Waals surface area contributed by atoms with Gasteiger partial charge in [0.25, 0.3) is 0 Å². The average Bonchev–Trinajstić information content (AvgIpc) is 2.85. The highest BCUT2D eigenvalue weighted by atomic mass is 35.5. The Bertz CT molecular complexity index is 924. The molecule has 5 atom stereocenters. The molecule has 6 rings (SSSR count). The zero-order valence-corrected chi connectivity index (χ0v) is 18.6. The second kappa shape index (κ2) is 6.45. The molecule has 2 aromatic rings. The first-order chi connectivity index (χ1) is 13.7. The molecule has 0 unspecified atom stereocenters. The van der Waals surface area contributed by atoms with Gasteiger partial charge in [-0.3, -0.25) is 0 Å². The summed E-state index contributed by atoms with van der Waals surface area (Å²) in [6.07, 6.45) is 0.714. The second-order valence-corrected chi connectivity index (χ2v) is 10.3. The Morgan fingerprint density at radius 1 is 0.862 bits per heavy atom. The van der Waals surface area contributed by atoms with Crippen molar-refractivity contribution in [3.05, 3.63) is 69.7 Å². The summed E-state index contributed by atoms with van der Waals surface area (Å²) in [6, 6.07) is 15.7. The molecule has 2 aromatic carbocycles. The van der Waals surface area contributed by atoms with E-state index >= 15 is 0 Å². The smallest absolute Gasteiger partial charge is 0.204 e. The van der Waals surface area contributed by atoms with Crippen molar-refractivity contribution in [3.8, 4) is 0 Å². The lowest BCUT2D eigenvalue weighted by atomic mass is 9.65. The summed E-state index contributed by atoms with van der Waals surface area (Å²) in [5.41, 5.74) is 1.50. The molecule has 4 saturated heterocycles. The highest BCUT2D eigenvalue weighted by Crippen LogP contribution is 2.68. The minimum Gasteiger partial charge on any atom is -0.339 e. The van der Waals surface area contributed by atoms with Gasteiger partial charge >= 0.3 is 0 Å². The summed E-state index contributed by atoms with van der Waals surface area (Å²) in [7, 11) is 0. The normalized spacial score (nSPS) is 37.3. The van der Waals surface area contributed by atoms with Crippen molar-refractivity contribution >= 4 is 23.2 Å². The van der Waals surface area contributed by atoms with Gasteiger partial charge in [-0.25, -0.2) is 0 Å². The zero-order chi connectivity index (χ0) is 20.6. The first-order valence-corrected chi connectivity index (χ1v) is 11.0. The van der Waals surface area contributed by atoms with Crippen LogP contribution in [-0.2, 0) is 25.8 Å². The monoisotopic (exact) mass is 432 g/mol. The van der Waals surface area contributed by atoms with Crippen LogP contribution in [0.2, 0.25) is 10.0 Å². The fourth-order valence-electron chi connectivity index (χ4n) is 5.55. The number of benzene rings is 2. The van der Waals surface area contributed by atoms with Crippen LogP contribution in [0.3, 0.4) is 0 Å². The van der Waals surface area contributed by atoms with Crippen molar-refractivity contribution in [2.24, 2.45) is 17.8 Å².